The molecule has 0 unspecified atom stereocenters. The largest absolute Gasteiger partial charge is 0.493 e. The number of ether oxygens (including phenoxy) is 3. The highest BCUT2D eigenvalue weighted by Crippen LogP contribution is 2.35. The molecule has 1 aromatic carbocycles. The molecule has 6 heteroatoms. The number of rotatable bonds is 6. The molecule has 0 aliphatic carbocycles. The van der Waals surface area contributed by atoms with E-state index in [-0.39, 0.29) is 24.5 Å². The Labute approximate surface area is 135 Å². The van der Waals surface area contributed by atoms with E-state index in [9.17, 15) is 4.79 Å². The summed E-state index contributed by atoms with van der Waals surface area (Å²) in [5.74, 6) is 1.61. The third kappa shape index (κ3) is 3.59. The van der Waals surface area contributed by atoms with Gasteiger partial charge in [0.2, 0.25) is 5.91 Å². The van der Waals surface area contributed by atoms with E-state index in [2.05, 4.69) is 0 Å². The maximum absolute atomic E-state index is 12.0. The van der Waals surface area contributed by atoms with Crippen LogP contribution in [0.15, 0.2) is 18.2 Å². The first-order valence-corrected chi connectivity index (χ1v) is 8.02. The van der Waals surface area contributed by atoms with E-state index in [1.807, 2.05) is 18.2 Å². The summed E-state index contributed by atoms with van der Waals surface area (Å²) in [7, 11) is 1.62. The summed E-state index contributed by atoms with van der Waals surface area (Å²) in [5.41, 5.74) is 1.06. The third-order valence-electron chi connectivity index (χ3n) is 4.43. The Morgan fingerprint density at radius 3 is 2.96 bits per heavy atom. The number of nitrogens with zero attached hydrogens (tertiary/aromatic N) is 1. The summed E-state index contributed by atoms with van der Waals surface area (Å²) in [5, 5.41) is 9.03. The maximum Gasteiger partial charge on any atom is 0.223 e. The van der Waals surface area contributed by atoms with Gasteiger partial charge < -0.3 is 24.2 Å². The van der Waals surface area contributed by atoms with Gasteiger partial charge >= 0.3 is 0 Å². The first-order chi connectivity index (χ1) is 11.2. The normalized spacial score (nSPS) is 24.3. The van der Waals surface area contributed by atoms with E-state index < -0.39 is 0 Å². The highest BCUT2D eigenvalue weighted by molar-refractivity contribution is 5.79. The van der Waals surface area contributed by atoms with Gasteiger partial charge in [0.25, 0.3) is 0 Å². The number of β-amino-alcohol motifs (C(OH)–C–C–N with tert-alkyl or cyclic N) is 1. The molecule has 0 spiro atoms. The lowest BCUT2D eigenvalue weighted by atomic mass is 9.98. The van der Waals surface area contributed by atoms with E-state index in [1.54, 1.807) is 12.0 Å². The van der Waals surface area contributed by atoms with Gasteiger partial charge in [0, 0.05) is 31.8 Å². The fraction of sp³-hybridized carbons (Fsp3) is 0.588. The van der Waals surface area contributed by atoms with Crippen molar-refractivity contribution in [2.24, 2.45) is 0 Å². The van der Waals surface area contributed by atoms with Gasteiger partial charge in [-0.05, 0) is 17.7 Å². The molecule has 2 heterocycles. The van der Waals surface area contributed by atoms with Crippen LogP contribution in [0.2, 0.25) is 0 Å². The number of benzene rings is 1. The lowest BCUT2D eigenvalue weighted by molar-refractivity contribution is -0.128. The lowest BCUT2D eigenvalue weighted by Gasteiger charge is -2.18. The van der Waals surface area contributed by atoms with Crippen molar-refractivity contribution < 1.29 is 24.1 Å². The molecule has 0 bridgehead atoms. The van der Waals surface area contributed by atoms with Crippen LogP contribution in [0.3, 0.4) is 0 Å². The maximum atomic E-state index is 12.0. The summed E-state index contributed by atoms with van der Waals surface area (Å²) in [6.07, 6.45) is 1.40. The van der Waals surface area contributed by atoms with Gasteiger partial charge in [0.05, 0.1) is 26.9 Å². The topological polar surface area (TPSA) is 68.2 Å². The number of hydrogen-bond acceptors (Lipinski definition) is 5. The lowest BCUT2D eigenvalue weighted by Crippen LogP contribution is -2.28. The molecule has 3 rings (SSSR count). The zero-order valence-corrected chi connectivity index (χ0v) is 13.4. The zero-order valence-electron chi connectivity index (χ0n) is 13.4. The second-order valence-corrected chi connectivity index (χ2v) is 5.98. The van der Waals surface area contributed by atoms with Crippen LogP contribution in [-0.4, -0.2) is 62.0 Å². The van der Waals surface area contributed by atoms with Crippen LogP contribution in [0.4, 0.5) is 0 Å². The second-order valence-electron chi connectivity index (χ2n) is 5.98. The minimum atomic E-state index is -0.00286. The molecule has 23 heavy (non-hydrogen) atoms. The minimum Gasteiger partial charge on any atom is -0.493 e. The average Bonchev–Trinajstić information content (AvgIpc) is 3.18. The van der Waals surface area contributed by atoms with Crippen molar-refractivity contribution in [3.8, 4) is 11.5 Å². The van der Waals surface area contributed by atoms with Gasteiger partial charge in [-0.2, -0.15) is 0 Å². The van der Waals surface area contributed by atoms with Gasteiger partial charge in [-0.1, -0.05) is 6.07 Å². The average molecular weight is 321 g/mol. The van der Waals surface area contributed by atoms with Crippen LogP contribution in [0.1, 0.15) is 24.3 Å². The molecular weight excluding hydrogens is 298 g/mol. The zero-order chi connectivity index (χ0) is 16.2. The van der Waals surface area contributed by atoms with Crippen molar-refractivity contribution in [1.82, 2.24) is 4.90 Å². The van der Waals surface area contributed by atoms with Gasteiger partial charge in [-0.3, -0.25) is 4.79 Å². The van der Waals surface area contributed by atoms with Crippen molar-refractivity contribution in [3.05, 3.63) is 23.8 Å². The molecule has 1 aromatic rings. The number of aliphatic hydroxyl groups excluding tert-OH is 1. The molecule has 2 atom stereocenters. The summed E-state index contributed by atoms with van der Waals surface area (Å²) in [6, 6.07) is 5.84. The molecule has 0 saturated carbocycles. The number of amides is 1. The highest BCUT2D eigenvalue weighted by atomic mass is 16.6. The van der Waals surface area contributed by atoms with Crippen LogP contribution in [0.5, 0.6) is 11.5 Å². The number of hydrogen-bond donors (Lipinski definition) is 1. The Hall–Kier alpha value is -1.79. The first-order valence-electron chi connectivity index (χ1n) is 8.02. The summed E-state index contributed by atoms with van der Waals surface area (Å²) < 4.78 is 16.7. The predicted octanol–water partition coefficient (Wildman–Crippen LogP) is 1.17. The van der Waals surface area contributed by atoms with Crippen LogP contribution in [0.25, 0.3) is 0 Å². The quantitative estimate of drug-likeness (QED) is 0.852. The SMILES string of the molecule is COc1ccc([C@@H]2CC(=O)N(CCO)C2)cc1O[C@@H]1CCOC1. The van der Waals surface area contributed by atoms with Gasteiger partial charge in [0.1, 0.15) is 6.10 Å². The van der Waals surface area contributed by atoms with Crippen LogP contribution in [-0.2, 0) is 9.53 Å². The van der Waals surface area contributed by atoms with E-state index >= 15 is 0 Å². The molecule has 126 valence electrons. The van der Waals surface area contributed by atoms with Crippen molar-refractivity contribution in [2.45, 2.75) is 24.9 Å². The molecule has 2 aliphatic rings. The first kappa shape index (κ1) is 16.1. The molecule has 0 radical (unpaired) electrons. The molecule has 1 amide bonds. The van der Waals surface area contributed by atoms with Crippen LogP contribution < -0.4 is 9.47 Å². The second kappa shape index (κ2) is 7.19. The Morgan fingerprint density at radius 2 is 2.26 bits per heavy atom. The summed E-state index contributed by atoms with van der Waals surface area (Å²) >= 11 is 0. The standard InChI is InChI=1S/C17H23NO5/c1-21-15-3-2-12(8-16(15)23-14-4-7-22-11-14)13-9-17(20)18(10-13)5-6-19/h2-3,8,13-14,19H,4-7,9-11H2,1H3/t13-,14-/m1/s1. The monoisotopic (exact) mass is 321 g/mol. The van der Waals surface area contributed by atoms with E-state index in [0.29, 0.717) is 37.6 Å². The molecule has 2 saturated heterocycles. The number of carbonyl (C=O) groups is 1. The van der Waals surface area contributed by atoms with Gasteiger partial charge in [-0.25, -0.2) is 0 Å². The van der Waals surface area contributed by atoms with E-state index in [0.717, 1.165) is 18.6 Å². The predicted molar refractivity (Wildman–Crippen MR) is 83.9 cm³/mol. The van der Waals surface area contributed by atoms with Crippen LogP contribution >= 0.6 is 0 Å². The number of aliphatic hydroxyl groups is 1. The number of carbonyl (C=O) groups excluding carboxylic acids is 1. The fourth-order valence-corrected chi connectivity index (χ4v) is 3.16. The van der Waals surface area contributed by atoms with Crippen molar-refractivity contribution in [2.75, 3.05) is 40.0 Å². The smallest absolute Gasteiger partial charge is 0.223 e. The molecule has 1 N–H and O–H groups in total. The molecule has 0 aromatic heterocycles. The molecule has 2 aliphatic heterocycles. The van der Waals surface area contributed by atoms with E-state index in [1.165, 1.54) is 0 Å². The van der Waals surface area contributed by atoms with Crippen LogP contribution in [0, 0.1) is 0 Å². The number of methoxy groups -OCH3 is 1. The Bertz CT molecular complexity index is 556. The fourth-order valence-electron chi connectivity index (χ4n) is 3.16. The molecular formula is C17H23NO5. The molecule has 2 fully saturated rings. The summed E-state index contributed by atoms with van der Waals surface area (Å²) in [6.45, 7) is 2.35. The van der Waals surface area contributed by atoms with Crippen molar-refractivity contribution >= 4 is 5.91 Å². The van der Waals surface area contributed by atoms with E-state index in [4.69, 9.17) is 19.3 Å². The van der Waals surface area contributed by atoms with Crippen molar-refractivity contribution in [1.29, 1.82) is 0 Å². The Kier molecular flexibility index (Phi) is 5.03. The van der Waals surface area contributed by atoms with Gasteiger partial charge in [0.15, 0.2) is 11.5 Å². The number of likely N-dealkylation sites (tertiary alicyclic amines) is 1. The Morgan fingerprint density at radius 1 is 1.39 bits per heavy atom. The van der Waals surface area contributed by atoms with Gasteiger partial charge in [-0.15, -0.1) is 0 Å². The third-order valence-corrected chi connectivity index (χ3v) is 4.43. The highest BCUT2D eigenvalue weighted by Gasteiger charge is 2.31. The Balaban J connectivity index is 1.76. The summed E-state index contributed by atoms with van der Waals surface area (Å²) in [4.78, 5) is 13.7. The molecule has 6 nitrogen and oxygen atoms in total. The minimum absolute atomic E-state index is 0.00286. The van der Waals surface area contributed by atoms with Crippen molar-refractivity contribution in [3.63, 3.8) is 0 Å².